The second-order valence-electron chi connectivity index (χ2n) is 9.55. The van der Waals surface area contributed by atoms with Crippen LogP contribution in [0.15, 0.2) is 66.9 Å². The normalized spacial score (nSPS) is 17.9. The summed E-state index contributed by atoms with van der Waals surface area (Å²) in [5.41, 5.74) is 2.13. The highest BCUT2D eigenvalue weighted by molar-refractivity contribution is 5.79. The molecule has 5 rings (SSSR count). The fourth-order valence-corrected chi connectivity index (χ4v) is 5.03. The van der Waals surface area contributed by atoms with Crippen molar-refractivity contribution in [2.24, 2.45) is 5.92 Å². The molecule has 0 saturated carbocycles. The van der Waals surface area contributed by atoms with Gasteiger partial charge in [-0.25, -0.2) is 14.4 Å². The Hall–Kier alpha value is -3.32. The lowest BCUT2D eigenvalue weighted by Crippen LogP contribution is -2.48. The Morgan fingerprint density at radius 1 is 0.914 bits per heavy atom. The van der Waals surface area contributed by atoms with Crippen molar-refractivity contribution in [1.82, 2.24) is 20.2 Å². The van der Waals surface area contributed by atoms with Crippen molar-refractivity contribution in [3.8, 4) is 11.4 Å². The lowest BCUT2D eigenvalue weighted by atomic mass is 9.94. The van der Waals surface area contributed by atoms with Crippen LogP contribution in [0.5, 0.6) is 0 Å². The highest BCUT2D eigenvalue weighted by Crippen LogP contribution is 2.25. The van der Waals surface area contributed by atoms with Crippen LogP contribution in [-0.4, -0.2) is 53.0 Å². The van der Waals surface area contributed by atoms with Gasteiger partial charge in [-0.3, -0.25) is 9.69 Å². The quantitative estimate of drug-likeness (QED) is 0.579. The average Bonchev–Trinajstić information content (AvgIpc) is 2.91. The van der Waals surface area contributed by atoms with Gasteiger partial charge in [0.1, 0.15) is 11.6 Å². The van der Waals surface area contributed by atoms with Crippen LogP contribution in [0.25, 0.3) is 11.4 Å². The summed E-state index contributed by atoms with van der Waals surface area (Å²) in [6.07, 6.45) is 5.38. The second kappa shape index (κ2) is 11.0. The average molecular weight is 474 g/mol. The predicted octanol–water partition coefficient (Wildman–Crippen LogP) is 4.28. The van der Waals surface area contributed by atoms with Crippen molar-refractivity contribution < 1.29 is 9.18 Å². The molecule has 2 aliphatic heterocycles. The zero-order valence-electron chi connectivity index (χ0n) is 19.9. The molecule has 0 aliphatic carbocycles. The third kappa shape index (κ3) is 6.03. The Kier molecular flexibility index (Phi) is 7.33. The monoisotopic (exact) mass is 473 g/mol. The predicted molar refractivity (Wildman–Crippen MR) is 135 cm³/mol. The Balaban J connectivity index is 1.08. The number of benzene rings is 2. The first-order valence-corrected chi connectivity index (χ1v) is 12.5. The maximum atomic E-state index is 13.2. The highest BCUT2D eigenvalue weighted by Gasteiger charge is 2.28. The van der Waals surface area contributed by atoms with Gasteiger partial charge >= 0.3 is 0 Å². The first kappa shape index (κ1) is 23.4. The zero-order valence-corrected chi connectivity index (χ0v) is 19.9. The number of rotatable bonds is 6. The SMILES string of the molecule is O=C(NC1CCN(Cc2ccccc2)CC1)C1CCN(c2ccnc(-c3ccc(F)cc3)n2)CC1. The number of likely N-dealkylation sites (tertiary alicyclic amines) is 1. The molecule has 6 nitrogen and oxygen atoms in total. The summed E-state index contributed by atoms with van der Waals surface area (Å²) in [5, 5.41) is 3.32. The molecular formula is C28H32FN5O. The summed E-state index contributed by atoms with van der Waals surface area (Å²) in [6.45, 7) is 4.58. The Morgan fingerprint density at radius 3 is 2.34 bits per heavy atom. The molecule has 0 bridgehead atoms. The van der Waals surface area contributed by atoms with Crippen LogP contribution in [0.3, 0.4) is 0 Å². The molecule has 182 valence electrons. The van der Waals surface area contributed by atoms with E-state index < -0.39 is 0 Å². The minimum Gasteiger partial charge on any atom is -0.356 e. The third-order valence-corrected chi connectivity index (χ3v) is 7.12. The molecule has 2 fully saturated rings. The van der Waals surface area contributed by atoms with Gasteiger partial charge in [-0.2, -0.15) is 0 Å². The number of halogens is 1. The molecule has 1 N–H and O–H groups in total. The van der Waals surface area contributed by atoms with Gasteiger partial charge in [0, 0.05) is 56.4 Å². The molecule has 1 amide bonds. The molecule has 0 radical (unpaired) electrons. The summed E-state index contributed by atoms with van der Waals surface area (Å²) in [7, 11) is 0. The second-order valence-corrected chi connectivity index (χ2v) is 9.55. The smallest absolute Gasteiger partial charge is 0.223 e. The van der Waals surface area contributed by atoms with Crippen molar-refractivity contribution in [3.63, 3.8) is 0 Å². The molecule has 3 aromatic rings. The van der Waals surface area contributed by atoms with E-state index in [9.17, 15) is 9.18 Å². The van der Waals surface area contributed by atoms with E-state index in [1.165, 1.54) is 17.7 Å². The van der Waals surface area contributed by atoms with Crippen LogP contribution in [-0.2, 0) is 11.3 Å². The number of nitrogens with one attached hydrogen (secondary N) is 1. The standard InChI is InChI=1S/C28H32FN5O/c29-24-8-6-22(7-9-24)27-30-15-10-26(32-27)34-18-11-23(12-19-34)28(35)31-25-13-16-33(17-14-25)20-21-4-2-1-3-5-21/h1-10,15,23,25H,11-14,16-20H2,(H,31,35). The molecular weight excluding hydrogens is 441 g/mol. The molecule has 35 heavy (non-hydrogen) atoms. The van der Waals surface area contributed by atoms with E-state index in [0.29, 0.717) is 5.82 Å². The number of hydrogen-bond donors (Lipinski definition) is 1. The molecule has 0 spiro atoms. The van der Waals surface area contributed by atoms with Gasteiger partial charge < -0.3 is 10.2 Å². The van der Waals surface area contributed by atoms with E-state index in [1.54, 1.807) is 18.3 Å². The topological polar surface area (TPSA) is 61.4 Å². The van der Waals surface area contributed by atoms with Gasteiger partial charge in [-0.15, -0.1) is 0 Å². The number of aromatic nitrogens is 2. The Labute approximate surface area is 206 Å². The van der Waals surface area contributed by atoms with E-state index in [-0.39, 0.29) is 23.7 Å². The summed E-state index contributed by atoms with van der Waals surface area (Å²) in [4.78, 5) is 26.7. The summed E-state index contributed by atoms with van der Waals surface area (Å²) >= 11 is 0. The lowest BCUT2D eigenvalue weighted by molar-refractivity contribution is -0.126. The van der Waals surface area contributed by atoms with Gasteiger partial charge in [-0.05, 0) is 61.6 Å². The van der Waals surface area contributed by atoms with Gasteiger partial charge in [0.15, 0.2) is 5.82 Å². The van der Waals surface area contributed by atoms with Crippen LogP contribution in [0.1, 0.15) is 31.2 Å². The number of anilines is 1. The van der Waals surface area contributed by atoms with E-state index >= 15 is 0 Å². The van der Waals surface area contributed by atoms with Crippen molar-refractivity contribution in [1.29, 1.82) is 0 Å². The lowest BCUT2D eigenvalue weighted by Gasteiger charge is -2.35. The number of carbonyl (C=O) groups is 1. The molecule has 7 heteroatoms. The highest BCUT2D eigenvalue weighted by atomic mass is 19.1. The van der Waals surface area contributed by atoms with E-state index in [0.717, 1.165) is 69.8 Å². The molecule has 2 aliphatic rings. The molecule has 0 unspecified atom stereocenters. The number of piperidine rings is 2. The largest absolute Gasteiger partial charge is 0.356 e. The van der Waals surface area contributed by atoms with Gasteiger partial charge in [-0.1, -0.05) is 30.3 Å². The van der Waals surface area contributed by atoms with Crippen molar-refractivity contribution in [3.05, 3.63) is 78.2 Å². The first-order valence-electron chi connectivity index (χ1n) is 12.5. The van der Waals surface area contributed by atoms with Crippen LogP contribution in [0, 0.1) is 11.7 Å². The van der Waals surface area contributed by atoms with Crippen LogP contribution in [0.4, 0.5) is 10.2 Å². The van der Waals surface area contributed by atoms with E-state index in [4.69, 9.17) is 0 Å². The minimum absolute atomic E-state index is 0.0482. The summed E-state index contributed by atoms with van der Waals surface area (Å²) < 4.78 is 13.2. The first-order chi connectivity index (χ1) is 17.1. The van der Waals surface area contributed by atoms with Gasteiger partial charge in [0.25, 0.3) is 0 Å². The zero-order chi connectivity index (χ0) is 24.0. The number of nitrogens with zero attached hydrogens (tertiary/aromatic N) is 4. The fraction of sp³-hybridized carbons (Fsp3) is 0.393. The van der Waals surface area contributed by atoms with Gasteiger partial charge in [0.05, 0.1) is 0 Å². The fourth-order valence-electron chi connectivity index (χ4n) is 5.03. The summed E-state index contributed by atoms with van der Waals surface area (Å²) in [5.74, 6) is 1.40. The molecule has 3 heterocycles. The maximum Gasteiger partial charge on any atom is 0.223 e. The van der Waals surface area contributed by atoms with Crippen molar-refractivity contribution in [2.45, 2.75) is 38.3 Å². The molecule has 2 saturated heterocycles. The third-order valence-electron chi connectivity index (χ3n) is 7.12. The molecule has 1 aromatic heterocycles. The van der Waals surface area contributed by atoms with Crippen LogP contribution in [0.2, 0.25) is 0 Å². The van der Waals surface area contributed by atoms with Crippen LogP contribution >= 0.6 is 0 Å². The Morgan fingerprint density at radius 2 is 1.63 bits per heavy atom. The van der Waals surface area contributed by atoms with E-state index in [2.05, 4.69) is 55.4 Å². The molecule has 2 aromatic carbocycles. The minimum atomic E-state index is -0.275. The van der Waals surface area contributed by atoms with E-state index in [1.807, 2.05) is 6.07 Å². The number of hydrogen-bond acceptors (Lipinski definition) is 5. The molecule has 0 atom stereocenters. The van der Waals surface area contributed by atoms with Gasteiger partial charge in [0.2, 0.25) is 5.91 Å². The number of amides is 1. The summed E-state index contributed by atoms with van der Waals surface area (Å²) in [6, 6.07) is 19.0. The van der Waals surface area contributed by atoms with Crippen LogP contribution < -0.4 is 10.2 Å². The van der Waals surface area contributed by atoms with Crippen molar-refractivity contribution >= 4 is 11.7 Å². The Bertz CT molecular complexity index is 1110. The maximum absolute atomic E-state index is 13.2. The van der Waals surface area contributed by atoms with Crippen molar-refractivity contribution in [2.75, 3.05) is 31.1 Å². The number of carbonyl (C=O) groups excluding carboxylic acids is 1.